The first kappa shape index (κ1) is 17.0. The summed E-state index contributed by atoms with van der Waals surface area (Å²) in [6, 6.07) is 6.08. The smallest absolute Gasteiger partial charge is 0.370 e. The lowest BCUT2D eigenvalue weighted by molar-refractivity contribution is -0.175. The van der Waals surface area contributed by atoms with Gasteiger partial charge in [-0.2, -0.15) is 13.2 Å². The van der Waals surface area contributed by atoms with E-state index in [-0.39, 0.29) is 12.6 Å². The third-order valence-corrected chi connectivity index (χ3v) is 2.84. The Labute approximate surface area is 118 Å². The van der Waals surface area contributed by atoms with Gasteiger partial charge < -0.3 is 10.1 Å². The van der Waals surface area contributed by atoms with Crippen LogP contribution in [-0.4, -0.2) is 32.0 Å². The minimum absolute atomic E-state index is 0.0559. The van der Waals surface area contributed by atoms with Crippen molar-refractivity contribution >= 4 is 0 Å². The molecule has 5 heteroatoms. The Kier molecular flexibility index (Phi) is 6.49. The maximum absolute atomic E-state index is 12.1. The van der Waals surface area contributed by atoms with E-state index in [1.54, 1.807) is 0 Å². The summed E-state index contributed by atoms with van der Waals surface area (Å²) in [4.78, 5) is 0. The summed E-state index contributed by atoms with van der Waals surface area (Å²) in [6.07, 6.45) is -3.61. The van der Waals surface area contributed by atoms with Gasteiger partial charge in [0.2, 0.25) is 0 Å². The number of hydrogen-bond acceptors (Lipinski definition) is 2. The molecule has 1 rings (SSSR count). The third kappa shape index (κ3) is 6.91. The Morgan fingerprint density at radius 1 is 1.15 bits per heavy atom. The van der Waals surface area contributed by atoms with E-state index in [2.05, 4.69) is 23.5 Å². The summed E-state index contributed by atoms with van der Waals surface area (Å²) in [5.41, 5.74) is 3.43. The van der Waals surface area contributed by atoms with Crippen molar-refractivity contribution in [2.24, 2.45) is 0 Å². The van der Waals surface area contributed by atoms with Gasteiger partial charge in [-0.05, 0) is 32.4 Å². The number of benzene rings is 1. The Morgan fingerprint density at radius 3 is 2.25 bits per heavy atom. The van der Waals surface area contributed by atoms with Crippen LogP contribution in [0.15, 0.2) is 18.2 Å². The topological polar surface area (TPSA) is 21.3 Å². The largest absolute Gasteiger partial charge is 0.411 e. The van der Waals surface area contributed by atoms with E-state index in [0.29, 0.717) is 13.0 Å². The first-order valence-electron chi connectivity index (χ1n) is 6.75. The molecular formula is C15H22F3NO. The van der Waals surface area contributed by atoms with E-state index in [4.69, 9.17) is 4.74 Å². The molecule has 0 fully saturated rings. The lowest BCUT2D eigenvalue weighted by atomic mass is 10.0. The fraction of sp³-hybridized carbons (Fsp3) is 0.600. The van der Waals surface area contributed by atoms with Crippen molar-refractivity contribution in [1.29, 1.82) is 0 Å². The molecule has 0 bridgehead atoms. The number of alkyl halides is 3. The van der Waals surface area contributed by atoms with Gasteiger partial charge in [0.25, 0.3) is 0 Å². The molecule has 20 heavy (non-hydrogen) atoms. The Hall–Kier alpha value is -1.07. The number of ether oxygens (including phenoxy) is 1. The molecule has 0 aliphatic carbocycles. The molecule has 1 unspecified atom stereocenters. The maximum atomic E-state index is 12.1. The number of likely N-dealkylation sites (N-methyl/N-ethyl adjacent to an activating group) is 1. The minimum Gasteiger partial charge on any atom is -0.370 e. The number of aryl methyl sites for hydroxylation is 2. The molecule has 1 aromatic rings. The number of nitrogens with one attached hydrogen (secondary N) is 1. The van der Waals surface area contributed by atoms with Crippen molar-refractivity contribution in [3.8, 4) is 0 Å². The molecule has 0 amide bonds. The highest BCUT2D eigenvalue weighted by Crippen LogP contribution is 2.15. The number of rotatable bonds is 7. The lowest BCUT2D eigenvalue weighted by Crippen LogP contribution is -2.36. The molecule has 0 heterocycles. The lowest BCUT2D eigenvalue weighted by Gasteiger charge is -2.19. The van der Waals surface area contributed by atoms with Crippen LogP contribution in [0.1, 0.15) is 23.6 Å². The standard InChI is InChI=1S/C15H22F3NO/c1-4-19-14(9-20-10-15(16,17)18)8-13-6-11(2)5-12(3)7-13/h5-7,14,19H,4,8-10H2,1-3H3. The zero-order valence-corrected chi connectivity index (χ0v) is 12.2. The second kappa shape index (κ2) is 7.64. The summed E-state index contributed by atoms with van der Waals surface area (Å²) in [5.74, 6) is 0. The highest BCUT2D eigenvalue weighted by atomic mass is 19.4. The molecule has 0 radical (unpaired) electrons. The SMILES string of the molecule is CCNC(COCC(F)(F)F)Cc1cc(C)cc(C)c1. The molecule has 0 aromatic heterocycles. The van der Waals surface area contributed by atoms with Gasteiger partial charge in [0.1, 0.15) is 6.61 Å². The van der Waals surface area contributed by atoms with Crippen molar-refractivity contribution < 1.29 is 17.9 Å². The van der Waals surface area contributed by atoms with E-state index in [9.17, 15) is 13.2 Å². The van der Waals surface area contributed by atoms with E-state index in [1.165, 1.54) is 0 Å². The van der Waals surface area contributed by atoms with E-state index in [0.717, 1.165) is 16.7 Å². The molecule has 1 aromatic carbocycles. The van der Waals surface area contributed by atoms with Crippen LogP contribution in [0.25, 0.3) is 0 Å². The van der Waals surface area contributed by atoms with Crippen LogP contribution in [0, 0.1) is 13.8 Å². The summed E-state index contributed by atoms with van der Waals surface area (Å²) < 4.78 is 41.0. The first-order chi connectivity index (χ1) is 9.30. The van der Waals surface area contributed by atoms with Crippen LogP contribution in [0.3, 0.4) is 0 Å². The van der Waals surface area contributed by atoms with E-state index >= 15 is 0 Å². The third-order valence-electron chi connectivity index (χ3n) is 2.84. The zero-order valence-electron chi connectivity index (χ0n) is 12.2. The van der Waals surface area contributed by atoms with Gasteiger partial charge in [-0.3, -0.25) is 0 Å². The summed E-state index contributed by atoms with van der Waals surface area (Å²) >= 11 is 0. The molecule has 1 N–H and O–H groups in total. The van der Waals surface area contributed by atoms with Crippen LogP contribution in [0.5, 0.6) is 0 Å². The Balaban J connectivity index is 2.57. The molecular weight excluding hydrogens is 267 g/mol. The van der Waals surface area contributed by atoms with Crippen LogP contribution in [0.4, 0.5) is 13.2 Å². The number of hydrogen-bond donors (Lipinski definition) is 1. The second-order valence-corrected chi connectivity index (χ2v) is 5.08. The zero-order chi connectivity index (χ0) is 15.2. The molecule has 2 nitrogen and oxygen atoms in total. The van der Waals surface area contributed by atoms with E-state index in [1.807, 2.05) is 20.8 Å². The predicted molar refractivity (Wildman–Crippen MR) is 74.0 cm³/mol. The van der Waals surface area contributed by atoms with Gasteiger partial charge in [-0.15, -0.1) is 0 Å². The highest BCUT2D eigenvalue weighted by molar-refractivity contribution is 5.29. The quantitative estimate of drug-likeness (QED) is 0.830. The predicted octanol–water partition coefficient (Wildman–Crippen LogP) is 3.40. The van der Waals surface area contributed by atoms with Gasteiger partial charge in [0.15, 0.2) is 0 Å². The van der Waals surface area contributed by atoms with Crippen molar-refractivity contribution in [1.82, 2.24) is 5.32 Å². The molecule has 0 spiro atoms. The second-order valence-electron chi connectivity index (χ2n) is 5.08. The van der Waals surface area contributed by atoms with Crippen LogP contribution in [0.2, 0.25) is 0 Å². The van der Waals surface area contributed by atoms with E-state index < -0.39 is 12.8 Å². The highest BCUT2D eigenvalue weighted by Gasteiger charge is 2.27. The summed E-state index contributed by atoms with van der Waals surface area (Å²) in [5, 5.41) is 3.16. The molecule has 0 saturated heterocycles. The average molecular weight is 289 g/mol. The number of halogens is 3. The Morgan fingerprint density at radius 2 is 1.75 bits per heavy atom. The van der Waals surface area contributed by atoms with Crippen LogP contribution >= 0.6 is 0 Å². The summed E-state index contributed by atoms with van der Waals surface area (Å²) in [6.45, 7) is 5.52. The normalized spacial score (nSPS) is 13.5. The van der Waals surface area contributed by atoms with Gasteiger partial charge in [0.05, 0.1) is 6.61 Å². The first-order valence-corrected chi connectivity index (χ1v) is 6.75. The molecule has 1 atom stereocenters. The molecule has 114 valence electrons. The van der Waals surface area contributed by atoms with Crippen LogP contribution < -0.4 is 5.32 Å². The van der Waals surface area contributed by atoms with Gasteiger partial charge >= 0.3 is 6.18 Å². The van der Waals surface area contributed by atoms with Crippen molar-refractivity contribution in [3.05, 3.63) is 34.9 Å². The molecule has 0 aliphatic rings. The van der Waals surface area contributed by atoms with Crippen molar-refractivity contribution in [3.63, 3.8) is 0 Å². The summed E-state index contributed by atoms with van der Waals surface area (Å²) in [7, 11) is 0. The average Bonchev–Trinajstić information content (AvgIpc) is 2.25. The van der Waals surface area contributed by atoms with Crippen molar-refractivity contribution in [2.75, 3.05) is 19.8 Å². The molecule has 0 saturated carbocycles. The van der Waals surface area contributed by atoms with Crippen LogP contribution in [-0.2, 0) is 11.2 Å². The maximum Gasteiger partial charge on any atom is 0.411 e. The Bertz CT molecular complexity index is 398. The van der Waals surface area contributed by atoms with Gasteiger partial charge in [0, 0.05) is 6.04 Å². The van der Waals surface area contributed by atoms with Gasteiger partial charge in [-0.25, -0.2) is 0 Å². The monoisotopic (exact) mass is 289 g/mol. The fourth-order valence-corrected chi connectivity index (χ4v) is 2.27. The minimum atomic E-state index is -4.27. The van der Waals surface area contributed by atoms with Gasteiger partial charge in [-0.1, -0.05) is 36.2 Å². The van der Waals surface area contributed by atoms with Crippen molar-refractivity contribution in [2.45, 2.75) is 39.4 Å². The fourth-order valence-electron chi connectivity index (χ4n) is 2.27. The molecule has 0 aliphatic heterocycles.